The zero-order valence-electron chi connectivity index (χ0n) is 12.6. The van der Waals surface area contributed by atoms with Crippen LogP contribution in [0.5, 0.6) is 0 Å². The molecule has 5 nitrogen and oxygen atoms in total. The van der Waals surface area contributed by atoms with Crippen molar-refractivity contribution in [1.29, 1.82) is 0 Å². The van der Waals surface area contributed by atoms with E-state index in [1.54, 1.807) is 29.9 Å². The van der Waals surface area contributed by atoms with Crippen molar-refractivity contribution in [2.45, 2.75) is 6.42 Å². The molecule has 0 aliphatic heterocycles. The van der Waals surface area contributed by atoms with Crippen LogP contribution in [0.15, 0.2) is 54.2 Å². The number of hydrogen-bond donors (Lipinski definition) is 2. The van der Waals surface area contributed by atoms with E-state index in [1.807, 2.05) is 12.3 Å². The first kappa shape index (κ1) is 15.8. The number of benzene rings is 1. The molecule has 2 N–H and O–H groups in total. The molecule has 0 spiro atoms. The van der Waals surface area contributed by atoms with Gasteiger partial charge in [0.1, 0.15) is 5.82 Å². The summed E-state index contributed by atoms with van der Waals surface area (Å²) in [6.45, 7) is 5.04. The number of guanidine groups is 1. The molecule has 0 fully saturated rings. The summed E-state index contributed by atoms with van der Waals surface area (Å²) >= 11 is 0. The van der Waals surface area contributed by atoms with Crippen molar-refractivity contribution >= 4 is 5.96 Å². The molecule has 2 rings (SSSR count). The van der Waals surface area contributed by atoms with Crippen LogP contribution in [0.25, 0.3) is 5.69 Å². The number of aromatic nitrogens is 2. The molecule has 22 heavy (non-hydrogen) atoms. The second kappa shape index (κ2) is 7.97. The Morgan fingerprint density at radius 1 is 1.32 bits per heavy atom. The van der Waals surface area contributed by atoms with Crippen LogP contribution < -0.4 is 10.6 Å². The van der Waals surface area contributed by atoms with Gasteiger partial charge in [-0.2, -0.15) is 5.10 Å². The Morgan fingerprint density at radius 3 is 2.77 bits per heavy atom. The Bertz CT molecular complexity index is 630. The van der Waals surface area contributed by atoms with Crippen LogP contribution >= 0.6 is 0 Å². The summed E-state index contributed by atoms with van der Waals surface area (Å²) in [5.41, 5.74) is 1.79. The van der Waals surface area contributed by atoms with Crippen LogP contribution in [-0.2, 0) is 6.42 Å². The van der Waals surface area contributed by atoms with Gasteiger partial charge in [-0.1, -0.05) is 6.08 Å². The van der Waals surface area contributed by atoms with Gasteiger partial charge >= 0.3 is 0 Å². The second-order valence-corrected chi connectivity index (χ2v) is 4.65. The van der Waals surface area contributed by atoms with Crippen LogP contribution in [0.3, 0.4) is 0 Å². The van der Waals surface area contributed by atoms with E-state index in [0.717, 1.165) is 30.3 Å². The van der Waals surface area contributed by atoms with Crippen molar-refractivity contribution in [1.82, 2.24) is 20.4 Å². The molecular weight excluding hydrogens is 281 g/mol. The fraction of sp³-hybridized carbons (Fsp3) is 0.250. The summed E-state index contributed by atoms with van der Waals surface area (Å²) in [5, 5.41) is 10.8. The molecule has 0 unspecified atom stereocenters. The summed E-state index contributed by atoms with van der Waals surface area (Å²) in [4.78, 5) is 4.10. The van der Waals surface area contributed by atoms with E-state index in [1.165, 1.54) is 12.1 Å². The van der Waals surface area contributed by atoms with E-state index >= 15 is 0 Å². The minimum atomic E-state index is -0.251. The molecule has 1 aromatic heterocycles. The van der Waals surface area contributed by atoms with E-state index in [4.69, 9.17) is 0 Å². The summed E-state index contributed by atoms with van der Waals surface area (Å²) < 4.78 is 14.6. The van der Waals surface area contributed by atoms with Gasteiger partial charge in [-0.05, 0) is 30.3 Å². The lowest BCUT2D eigenvalue weighted by Gasteiger charge is -2.09. The Kier molecular flexibility index (Phi) is 5.71. The maximum absolute atomic E-state index is 12.9. The number of nitrogens with zero attached hydrogens (tertiary/aromatic N) is 3. The van der Waals surface area contributed by atoms with Crippen LogP contribution in [0.2, 0.25) is 0 Å². The predicted molar refractivity (Wildman–Crippen MR) is 86.8 cm³/mol. The van der Waals surface area contributed by atoms with Crippen LogP contribution in [0.1, 0.15) is 5.69 Å². The number of aliphatic imine (C=N–C) groups is 1. The number of halogens is 1. The molecule has 0 aliphatic carbocycles. The zero-order chi connectivity index (χ0) is 15.8. The summed E-state index contributed by atoms with van der Waals surface area (Å²) in [6, 6.07) is 8.20. The van der Waals surface area contributed by atoms with Crippen molar-refractivity contribution < 1.29 is 4.39 Å². The van der Waals surface area contributed by atoms with Crippen molar-refractivity contribution in [2.75, 3.05) is 20.1 Å². The molecule has 0 saturated heterocycles. The molecule has 6 heteroatoms. The first-order chi connectivity index (χ1) is 10.7. The number of nitrogens with one attached hydrogen (secondary N) is 2. The van der Waals surface area contributed by atoms with E-state index in [9.17, 15) is 4.39 Å². The highest BCUT2D eigenvalue weighted by Crippen LogP contribution is 2.09. The largest absolute Gasteiger partial charge is 0.356 e. The predicted octanol–water partition coefficient (Wildman–Crippen LogP) is 1.90. The average Bonchev–Trinajstić information content (AvgIpc) is 3.00. The van der Waals surface area contributed by atoms with Gasteiger partial charge in [0, 0.05) is 32.8 Å². The number of hydrogen-bond acceptors (Lipinski definition) is 2. The molecule has 0 amide bonds. The Balaban J connectivity index is 1.87. The van der Waals surface area contributed by atoms with Crippen LogP contribution in [-0.4, -0.2) is 35.9 Å². The SMILES string of the molecule is C=CCNC(=NC)NCCc1ccn(-c2ccc(F)cc2)n1. The normalized spacial score (nSPS) is 11.3. The molecule has 0 radical (unpaired) electrons. The summed E-state index contributed by atoms with van der Waals surface area (Å²) in [7, 11) is 1.72. The van der Waals surface area contributed by atoms with Gasteiger partial charge in [-0.3, -0.25) is 4.99 Å². The maximum atomic E-state index is 12.9. The third-order valence-corrected chi connectivity index (χ3v) is 3.05. The smallest absolute Gasteiger partial charge is 0.191 e. The minimum absolute atomic E-state index is 0.251. The minimum Gasteiger partial charge on any atom is -0.356 e. The quantitative estimate of drug-likeness (QED) is 0.487. The Hall–Kier alpha value is -2.63. The summed E-state index contributed by atoms with van der Waals surface area (Å²) in [5.74, 6) is 0.483. The van der Waals surface area contributed by atoms with E-state index in [2.05, 4.69) is 27.3 Å². The number of rotatable bonds is 6. The van der Waals surface area contributed by atoms with Crippen molar-refractivity contribution in [2.24, 2.45) is 4.99 Å². The van der Waals surface area contributed by atoms with Gasteiger partial charge in [-0.25, -0.2) is 9.07 Å². The zero-order valence-corrected chi connectivity index (χ0v) is 12.6. The molecule has 1 heterocycles. The monoisotopic (exact) mass is 301 g/mol. The molecule has 1 aromatic carbocycles. The highest BCUT2D eigenvalue weighted by molar-refractivity contribution is 5.79. The van der Waals surface area contributed by atoms with Gasteiger partial charge in [-0.15, -0.1) is 6.58 Å². The standard InChI is InChI=1S/C16H20FN5/c1-3-10-19-16(18-2)20-11-8-14-9-12-22(21-14)15-6-4-13(17)5-7-15/h3-7,9,12H,1,8,10-11H2,2H3,(H2,18,19,20). The Labute approximate surface area is 129 Å². The lowest BCUT2D eigenvalue weighted by Crippen LogP contribution is -2.38. The van der Waals surface area contributed by atoms with Crippen molar-refractivity contribution in [3.8, 4) is 5.69 Å². The van der Waals surface area contributed by atoms with Gasteiger partial charge in [0.25, 0.3) is 0 Å². The first-order valence-corrected chi connectivity index (χ1v) is 7.09. The van der Waals surface area contributed by atoms with E-state index in [-0.39, 0.29) is 5.82 Å². The van der Waals surface area contributed by atoms with Gasteiger partial charge < -0.3 is 10.6 Å². The van der Waals surface area contributed by atoms with Crippen molar-refractivity contribution in [3.05, 3.63) is 60.7 Å². The Morgan fingerprint density at radius 2 is 2.09 bits per heavy atom. The van der Waals surface area contributed by atoms with Gasteiger partial charge in [0.2, 0.25) is 0 Å². The van der Waals surface area contributed by atoms with Gasteiger partial charge in [0.05, 0.1) is 11.4 Å². The average molecular weight is 301 g/mol. The van der Waals surface area contributed by atoms with Crippen LogP contribution in [0.4, 0.5) is 4.39 Å². The lowest BCUT2D eigenvalue weighted by atomic mass is 10.3. The molecule has 116 valence electrons. The maximum Gasteiger partial charge on any atom is 0.191 e. The fourth-order valence-electron chi connectivity index (χ4n) is 1.93. The van der Waals surface area contributed by atoms with Gasteiger partial charge in [0.15, 0.2) is 5.96 Å². The molecule has 0 atom stereocenters. The third kappa shape index (κ3) is 4.44. The highest BCUT2D eigenvalue weighted by Gasteiger charge is 2.02. The topological polar surface area (TPSA) is 54.2 Å². The highest BCUT2D eigenvalue weighted by atomic mass is 19.1. The summed E-state index contributed by atoms with van der Waals surface area (Å²) in [6.07, 6.45) is 4.41. The molecule has 0 bridgehead atoms. The molecule has 0 saturated carbocycles. The van der Waals surface area contributed by atoms with Crippen LogP contribution in [0, 0.1) is 5.82 Å². The van der Waals surface area contributed by atoms with Crippen molar-refractivity contribution in [3.63, 3.8) is 0 Å². The molecule has 0 aliphatic rings. The lowest BCUT2D eigenvalue weighted by molar-refractivity contribution is 0.627. The van der Waals surface area contributed by atoms with E-state index < -0.39 is 0 Å². The first-order valence-electron chi connectivity index (χ1n) is 7.09. The van der Waals surface area contributed by atoms with E-state index in [0.29, 0.717) is 6.54 Å². The molecule has 2 aromatic rings. The third-order valence-electron chi connectivity index (χ3n) is 3.05. The second-order valence-electron chi connectivity index (χ2n) is 4.65. The molecular formula is C16H20FN5. The fourth-order valence-corrected chi connectivity index (χ4v) is 1.93.